The molecule has 1 aliphatic rings. The van der Waals surface area contributed by atoms with E-state index in [2.05, 4.69) is 4.90 Å². The van der Waals surface area contributed by atoms with Crippen LogP contribution in [-0.2, 0) is 6.18 Å². The quantitative estimate of drug-likeness (QED) is 0.567. The van der Waals surface area contributed by atoms with E-state index in [9.17, 15) is 18.0 Å². The lowest BCUT2D eigenvalue weighted by Crippen LogP contribution is -2.38. The van der Waals surface area contributed by atoms with Crippen LogP contribution in [0.4, 0.5) is 18.9 Å². The molecule has 146 valence electrons. The summed E-state index contributed by atoms with van der Waals surface area (Å²) in [5.74, 6) is 0.982. The standard InChI is InChI=1S/C21H18F3NO3/c22-21(23,24)15-1-3-16(4-2-15)25-9-7-17(8-10-25)27-18-5-6-20-14(11-18)12-19(13-26)28-20/h1-6,11-13,17H,7-10H2. The van der Waals surface area contributed by atoms with E-state index in [1.807, 2.05) is 12.1 Å². The minimum Gasteiger partial charge on any atom is -0.490 e. The number of benzene rings is 2. The summed E-state index contributed by atoms with van der Waals surface area (Å²) >= 11 is 0. The average molecular weight is 389 g/mol. The van der Waals surface area contributed by atoms with E-state index in [-0.39, 0.29) is 11.9 Å². The van der Waals surface area contributed by atoms with Crippen LogP contribution in [0.2, 0.25) is 0 Å². The Morgan fingerprint density at radius 3 is 2.39 bits per heavy atom. The van der Waals surface area contributed by atoms with Crippen molar-refractivity contribution in [2.75, 3.05) is 18.0 Å². The predicted octanol–water partition coefficient (Wildman–Crippen LogP) is 5.31. The van der Waals surface area contributed by atoms with Gasteiger partial charge in [0.15, 0.2) is 12.0 Å². The van der Waals surface area contributed by atoms with E-state index < -0.39 is 11.7 Å². The zero-order valence-corrected chi connectivity index (χ0v) is 14.9. The fourth-order valence-corrected chi connectivity index (χ4v) is 3.46. The molecule has 1 aromatic heterocycles. The highest BCUT2D eigenvalue weighted by Gasteiger charge is 2.30. The molecule has 0 amide bonds. The molecule has 4 nitrogen and oxygen atoms in total. The van der Waals surface area contributed by atoms with Crippen LogP contribution in [0.15, 0.2) is 52.9 Å². The van der Waals surface area contributed by atoms with Gasteiger partial charge in [0.1, 0.15) is 17.4 Å². The summed E-state index contributed by atoms with van der Waals surface area (Å²) in [5.41, 5.74) is 0.779. The van der Waals surface area contributed by atoms with E-state index in [0.29, 0.717) is 30.7 Å². The van der Waals surface area contributed by atoms with Crippen LogP contribution in [0.5, 0.6) is 5.75 Å². The molecule has 0 atom stereocenters. The number of anilines is 1. The maximum Gasteiger partial charge on any atom is 0.416 e. The Morgan fingerprint density at radius 2 is 1.75 bits per heavy atom. The van der Waals surface area contributed by atoms with Gasteiger partial charge in [-0.2, -0.15) is 13.2 Å². The number of rotatable bonds is 4. The molecule has 1 saturated heterocycles. The number of alkyl halides is 3. The highest BCUT2D eigenvalue weighted by atomic mass is 19.4. The lowest BCUT2D eigenvalue weighted by Gasteiger charge is -2.33. The van der Waals surface area contributed by atoms with Crippen LogP contribution >= 0.6 is 0 Å². The van der Waals surface area contributed by atoms with Gasteiger partial charge in [0.05, 0.1) is 5.56 Å². The van der Waals surface area contributed by atoms with Gasteiger partial charge in [-0.05, 0) is 48.5 Å². The lowest BCUT2D eigenvalue weighted by atomic mass is 10.1. The molecular formula is C21H18F3NO3. The third-order valence-corrected chi connectivity index (χ3v) is 4.93. The van der Waals surface area contributed by atoms with Crippen LogP contribution in [-0.4, -0.2) is 25.5 Å². The molecule has 1 fully saturated rings. The molecule has 4 rings (SSSR count). The third kappa shape index (κ3) is 3.83. The second-order valence-corrected chi connectivity index (χ2v) is 6.82. The molecule has 2 aromatic carbocycles. The Hall–Kier alpha value is -2.96. The van der Waals surface area contributed by atoms with Gasteiger partial charge in [-0.1, -0.05) is 0 Å². The largest absolute Gasteiger partial charge is 0.490 e. The molecule has 0 saturated carbocycles. The van der Waals surface area contributed by atoms with Crippen molar-refractivity contribution in [1.29, 1.82) is 0 Å². The van der Waals surface area contributed by atoms with Gasteiger partial charge in [0.25, 0.3) is 0 Å². The number of piperidine rings is 1. The number of hydrogen-bond acceptors (Lipinski definition) is 4. The van der Waals surface area contributed by atoms with Gasteiger partial charge in [0, 0.05) is 37.0 Å². The lowest BCUT2D eigenvalue weighted by molar-refractivity contribution is -0.137. The minimum atomic E-state index is -4.32. The molecule has 0 aliphatic carbocycles. The zero-order valence-electron chi connectivity index (χ0n) is 14.9. The van der Waals surface area contributed by atoms with E-state index in [1.165, 1.54) is 12.1 Å². The van der Waals surface area contributed by atoms with Gasteiger partial charge in [-0.3, -0.25) is 4.79 Å². The van der Waals surface area contributed by atoms with Crippen LogP contribution < -0.4 is 9.64 Å². The highest BCUT2D eigenvalue weighted by Crippen LogP contribution is 2.31. The van der Waals surface area contributed by atoms with Crippen molar-refractivity contribution in [2.45, 2.75) is 25.1 Å². The molecule has 0 unspecified atom stereocenters. The number of furan rings is 1. The fraction of sp³-hybridized carbons (Fsp3) is 0.286. The topological polar surface area (TPSA) is 42.7 Å². The molecule has 2 heterocycles. The summed E-state index contributed by atoms with van der Waals surface area (Å²) in [4.78, 5) is 12.9. The van der Waals surface area contributed by atoms with E-state index in [4.69, 9.17) is 9.15 Å². The van der Waals surface area contributed by atoms with Crippen LogP contribution in [0.25, 0.3) is 11.0 Å². The van der Waals surface area contributed by atoms with E-state index in [0.717, 1.165) is 36.0 Å². The SMILES string of the molecule is O=Cc1cc2cc(OC3CCN(c4ccc(C(F)(F)F)cc4)CC3)ccc2o1. The molecule has 28 heavy (non-hydrogen) atoms. The van der Waals surface area contributed by atoms with Crippen molar-refractivity contribution in [2.24, 2.45) is 0 Å². The maximum absolute atomic E-state index is 12.7. The molecule has 1 aliphatic heterocycles. The summed E-state index contributed by atoms with van der Waals surface area (Å²) in [6.07, 6.45) is -2.09. The van der Waals surface area contributed by atoms with Gasteiger partial charge < -0.3 is 14.1 Å². The number of nitrogens with zero attached hydrogens (tertiary/aromatic N) is 1. The second kappa shape index (κ2) is 7.22. The van der Waals surface area contributed by atoms with Gasteiger partial charge in [-0.15, -0.1) is 0 Å². The minimum absolute atomic E-state index is 0.0283. The summed E-state index contributed by atoms with van der Waals surface area (Å²) in [7, 11) is 0. The molecule has 0 N–H and O–H groups in total. The first kappa shape index (κ1) is 18.4. The number of aldehydes is 1. The molecule has 3 aromatic rings. The van der Waals surface area contributed by atoms with Crippen molar-refractivity contribution >= 4 is 22.9 Å². The Kier molecular flexibility index (Phi) is 4.75. The number of halogens is 3. The maximum atomic E-state index is 12.7. The zero-order chi connectivity index (χ0) is 19.7. The molecular weight excluding hydrogens is 371 g/mol. The molecule has 0 radical (unpaired) electrons. The Labute approximate surface area is 159 Å². The third-order valence-electron chi connectivity index (χ3n) is 4.93. The molecule has 0 bridgehead atoms. The predicted molar refractivity (Wildman–Crippen MR) is 98.9 cm³/mol. The van der Waals surface area contributed by atoms with E-state index in [1.54, 1.807) is 12.1 Å². The summed E-state index contributed by atoms with van der Waals surface area (Å²) in [5, 5.41) is 0.807. The first-order valence-corrected chi connectivity index (χ1v) is 9.00. The Balaban J connectivity index is 1.37. The van der Waals surface area contributed by atoms with Crippen molar-refractivity contribution in [3.05, 3.63) is 59.9 Å². The van der Waals surface area contributed by atoms with Crippen molar-refractivity contribution < 1.29 is 27.1 Å². The number of ether oxygens (including phenoxy) is 1. The van der Waals surface area contributed by atoms with Crippen molar-refractivity contribution in [1.82, 2.24) is 0 Å². The van der Waals surface area contributed by atoms with Crippen LogP contribution in [0, 0.1) is 0 Å². The number of hydrogen-bond donors (Lipinski definition) is 0. The first-order valence-electron chi connectivity index (χ1n) is 9.00. The van der Waals surface area contributed by atoms with Gasteiger partial charge >= 0.3 is 6.18 Å². The fourth-order valence-electron chi connectivity index (χ4n) is 3.46. The van der Waals surface area contributed by atoms with Crippen LogP contribution in [0.1, 0.15) is 29.0 Å². The summed E-state index contributed by atoms with van der Waals surface area (Å²) < 4.78 is 49.5. The Bertz CT molecular complexity index is 971. The number of fused-ring (bicyclic) bond motifs is 1. The summed E-state index contributed by atoms with van der Waals surface area (Å²) in [6.45, 7) is 1.42. The smallest absolute Gasteiger partial charge is 0.416 e. The highest BCUT2D eigenvalue weighted by molar-refractivity contribution is 5.85. The second-order valence-electron chi connectivity index (χ2n) is 6.82. The Morgan fingerprint density at radius 1 is 1.04 bits per heavy atom. The van der Waals surface area contributed by atoms with Crippen molar-refractivity contribution in [3.63, 3.8) is 0 Å². The average Bonchev–Trinajstić information content (AvgIpc) is 3.10. The van der Waals surface area contributed by atoms with Gasteiger partial charge in [0.2, 0.25) is 0 Å². The first-order chi connectivity index (χ1) is 13.4. The van der Waals surface area contributed by atoms with Crippen molar-refractivity contribution in [3.8, 4) is 5.75 Å². The molecule has 7 heteroatoms. The van der Waals surface area contributed by atoms with E-state index >= 15 is 0 Å². The number of carbonyl (C=O) groups excluding carboxylic acids is 1. The summed E-state index contributed by atoms with van der Waals surface area (Å²) in [6, 6.07) is 12.4. The van der Waals surface area contributed by atoms with Gasteiger partial charge in [-0.25, -0.2) is 0 Å². The molecule has 0 spiro atoms. The van der Waals surface area contributed by atoms with Crippen LogP contribution in [0.3, 0.4) is 0 Å². The monoisotopic (exact) mass is 389 g/mol. The number of carbonyl (C=O) groups is 1. The normalized spacial score (nSPS) is 15.8.